The van der Waals surface area contributed by atoms with Crippen LogP contribution in [-0.2, 0) is 24.1 Å². The Morgan fingerprint density at radius 2 is 1.67 bits per heavy atom. The largest absolute Gasteiger partial charge is 0.270 e. The van der Waals surface area contributed by atoms with Crippen molar-refractivity contribution in [1.82, 2.24) is 0 Å². The Morgan fingerprint density at radius 1 is 1.07 bits per heavy atom. The molecule has 1 aromatic carbocycles. The van der Waals surface area contributed by atoms with Gasteiger partial charge in [0.2, 0.25) is 0 Å². The lowest BCUT2D eigenvalue weighted by Gasteiger charge is -2.44. The molecule has 1 aromatic rings. The van der Waals surface area contributed by atoms with Gasteiger partial charge in [-0.2, -0.15) is 8.42 Å². The summed E-state index contributed by atoms with van der Waals surface area (Å²) < 4.78 is 82.1. The number of allylic oxidation sites excluding steroid dienone is 4. The van der Waals surface area contributed by atoms with E-state index in [0.717, 1.165) is 18.4 Å². The molecule has 1 fully saturated rings. The third-order valence-corrected chi connectivity index (χ3v) is 9.39. The van der Waals surface area contributed by atoms with Gasteiger partial charge in [-0.15, -0.1) is 0 Å². The number of sulfone groups is 1. The fourth-order valence-electron chi connectivity index (χ4n) is 4.29. The fraction of sp³-hybridized carbons (Fsp3) is 0.500. The van der Waals surface area contributed by atoms with Crippen molar-refractivity contribution in [1.29, 1.82) is 0 Å². The predicted molar refractivity (Wildman–Crippen MR) is 111 cm³/mol. The molecule has 1 atom stereocenters. The first-order valence-electron chi connectivity index (χ1n) is 9.51. The lowest BCUT2D eigenvalue weighted by molar-refractivity contribution is 0.168. The minimum atomic E-state index is -4.06. The predicted octanol–water partition coefficient (Wildman–Crippen LogP) is 4.75. The van der Waals surface area contributed by atoms with Crippen molar-refractivity contribution in [2.45, 2.75) is 41.7 Å². The Balaban J connectivity index is 1.96. The summed E-state index contributed by atoms with van der Waals surface area (Å²) in [5, 5.41) is 0.363. The van der Waals surface area contributed by atoms with Gasteiger partial charge in [0.05, 0.1) is 22.5 Å². The van der Waals surface area contributed by atoms with Gasteiger partial charge in [0.1, 0.15) is 11.7 Å². The zero-order chi connectivity index (χ0) is 22.2. The zero-order valence-electron chi connectivity index (χ0n) is 16.4. The second-order valence-electron chi connectivity index (χ2n) is 7.88. The first-order valence-corrected chi connectivity index (χ1v) is 13.2. The van der Waals surface area contributed by atoms with E-state index >= 15 is 0 Å². The van der Waals surface area contributed by atoms with Crippen LogP contribution in [-0.4, -0.2) is 34.4 Å². The van der Waals surface area contributed by atoms with E-state index in [4.69, 9.17) is 15.8 Å². The van der Waals surface area contributed by atoms with Crippen LogP contribution in [0.5, 0.6) is 0 Å². The summed E-state index contributed by atoms with van der Waals surface area (Å²) in [5.74, 6) is -2.58. The minimum Gasteiger partial charge on any atom is -0.270 e. The summed E-state index contributed by atoms with van der Waals surface area (Å²) >= 11 is 5.88. The Morgan fingerprint density at radius 3 is 2.23 bits per heavy atom. The van der Waals surface area contributed by atoms with E-state index in [1.54, 1.807) is 0 Å². The number of halogens is 3. The topological polar surface area (TPSA) is 77.5 Å². The molecule has 0 aromatic heterocycles. The minimum absolute atomic E-state index is 0.000460. The van der Waals surface area contributed by atoms with Gasteiger partial charge >= 0.3 is 0 Å². The van der Waals surface area contributed by atoms with Gasteiger partial charge in [-0.1, -0.05) is 11.6 Å². The normalized spacial score (nSPS) is 28.0. The second kappa shape index (κ2) is 8.68. The van der Waals surface area contributed by atoms with Crippen molar-refractivity contribution < 1.29 is 29.8 Å². The van der Waals surface area contributed by atoms with Crippen molar-refractivity contribution in [2.24, 2.45) is 11.8 Å². The lowest BCUT2D eigenvalue weighted by Crippen LogP contribution is -2.49. The van der Waals surface area contributed by atoms with Gasteiger partial charge in [0.25, 0.3) is 10.1 Å². The van der Waals surface area contributed by atoms with E-state index in [1.807, 2.05) is 0 Å². The van der Waals surface area contributed by atoms with Gasteiger partial charge in [0, 0.05) is 17.4 Å². The molecule has 2 aliphatic rings. The molecule has 3 rings (SSSR count). The van der Waals surface area contributed by atoms with E-state index in [1.165, 1.54) is 24.3 Å². The van der Waals surface area contributed by atoms with Gasteiger partial charge in [-0.3, -0.25) is 4.18 Å². The molecule has 1 saturated carbocycles. The van der Waals surface area contributed by atoms with Gasteiger partial charge < -0.3 is 0 Å². The molecule has 0 N–H and O–H groups in total. The molecule has 0 bridgehead atoms. The summed E-state index contributed by atoms with van der Waals surface area (Å²) in [5.41, 5.74) is 0. The monoisotopic (exact) mass is 480 g/mol. The van der Waals surface area contributed by atoms with Crippen LogP contribution in [0.3, 0.4) is 0 Å². The second-order valence-corrected chi connectivity index (χ2v) is 12.2. The first-order chi connectivity index (χ1) is 13.9. The van der Waals surface area contributed by atoms with Crippen LogP contribution in [0.1, 0.15) is 32.1 Å². The van der Waals surface area contributed by atoms with Gasteiger partial charge in [-0.05, 0) is 68.0 Å². The average Bonchev–Trinajstić information content (AvgIpc) is 2.68. The highest BCUT2D eigenvalue weighted by atomic mass is 35.5. The molecular formula is C20H23ClF2O5S2. The molecule has 0 heterocycles. The van der Waals surface area contributed by atoms with Crippen LogP contribution in [0, 0.1) is 11.8 Å². The standard InChI is InChI=1S/C20H23ClF2O5S2/c1-29(24,25)28-13-14-8-10-20(11-9-14,18-12-16(22)4-7-19(18)23)30(26,27)17-5-2-15(21)3-6-17/h2-7,14,18H,8-13H2,1H3/t14-,18?,20+. The van der Waals surface area contributed by atoms with Crippen molar-refractivity contribution in [2.75, 3.05) is 12.9 Å². The van der Waals surface area contributed by atoms with Crippen LogP contribution in [0.4, 0.5) is 8.78 Å². The number of hydrogen-bond donors (Lipinski definition) is 0. The number of rotatable bonds is 6. The van der Waals surface area contributed by atoms with E-state index < -0.39 is 42.3 Å². The van der Waals surface area contributed by atoms with Crippen LogP contribution < -0.4 is 0 Å². The number of hydrogen-bond acceptors (Lipinski definition) is 5. The summed E-state index contributed by atoms with van der Waals surface area (Å²) in [6.45, 7) is -0.0623. The highest BCUT2D eigenvalue weighted by Crippen LogP contribution is 2.51. The molecule has 0 amide bonds. The average molecular weight is 481 g/mol. The lowest BCUT2D eigenvalue weighted by atomic mass is 9.72. The molecule has 10 heteroatoms. The van der Waals surface area contributed by atoms with E-state index in [9.17, 15) is 25.6 Å². The van der Waals surface area contributed by atoms with E-state index in [-0.39, 0.29) is 36.7 Å². The highest BCUT2D eigenvalue weighted by Gasteiger charge is 2.54. The van der Waals surface area contributed by atoms with Crippen molar-refractivity contribution in [3.05, 3.63) is 53.1 Å². The third-order valence-electron chi connectivity index (χ3n) is 5.92. The van der Waals surface area contributed by atoms with E-state index in [0.29, 0.717) is 17.9 Å². The third kappa shape index (κ3) is 4.79. The van der Waals surface area contributed by atoms with Gasteiger partial charge in [-0.25, -0.2) is 17.2 Å². The Labute approximate surface area is 180 Å². The Kier molecular flexibility index (Phi) is 6.77. The van der Waals surface area contributed by atoms with Crippen molar-refractivity contribution >= 4 is 31.6 Å². The molecule has 30 heavy (non-hydrogen) atoms. The van der Waals surface area contributed by atoms with Crippen LogP contribution >= 0.6 is 11.6 Å². The van der Waals surface area contributed by atoms with E-state index in [2.05, 4.69) is 0 Å². The maximum absolute atomic E-state index is 14.8. The highest BCUT2D eigenvalue weighted by molar-refractivity contribution is 7.92. The molecule has 0 radical (unpaired) electrons. The summed E-state index contributed by atoms with van der Waals surface area (Å²) in [6.07, 6.45) is 3.38. The van der Waals surface area contributed by atoms with Gasteiger partial charge in [0.15, 0.2) is 9.84 Å². The van der Waals surface area contributed by atoms with Crippen molar-refractivity contribution in [3.8, 4) is 0 Å². The van der Waals surface area contributed by atoms with Crippen LogP contribution in [0.2, 0.25) is 5.02 Å². The zero-order valence-corrected chi connectivity index (χ0v) is 18.7. The summed E-state index contributed by atoms with van der Waals surface area (Å²) in [6, 6.07) is 5.63. The summed E-state index contributed by atoms with van der Waals surface area (Å²) in [7, 11) is -7.68. The molecule has 0 spiro atoms. The maximum atomic E-state index is 14.8. The Bertz CT molecular complexity index is 1050. The van der Waals surface area contributed by atoms with Crippen LogP contribution in [0.25, 0.3) is 0 Å². The SMILES string of the molecule is CS(=O)(=O)OC[C@H]1CC[C@@](C2CC(F)=CC=C2F)(S(=O)(=O)c2ccc(Cl)cc2)CC1. The number of benzene rings is 1. The fourth-order valence-corrected chi connectivity index (χ4v) is 7.16. The molecule has 166 valence electrons. The molecule has 0 aliphatic heterocycles. The quantitative estimate of drug-likeness (QED) is 0.549. The smallest absolute Gasteiger partial charge is 0.264 e. The maximum Gasteiger partial charge on any atom is 0.264 e. The Hall–Kier alpha value is -1.29. The first kappa shape index (κ1) is 23.4. The molecule has 2 aliphatic carbocycles. The molecule has 5 nitrogen and oxygen atoms in total. The molecular weight excluding hydrogens is 458 g/mol. The molecule has 1 unspecified atom stereocenters. The van der Waals surface area contributed by atoms with Crippen molar-refractivity contribution in [3.63, 3.8) is 0 Å². The van der Waals surface area contributed by atoms with Crippen LogP contribution in [0.15, 0.2) is 53.0 Å². The molecule has 0 saturated heterocycles. The summed E-state index contributed by atoms with van der Waals surface area (Å²) in [4.78, 5) is 0.000460.